The van der Waals surface area contributed by atoms with E-state index in [1.807, 2.05) is 0 Å². The Morgan fingerprint density at radius 2 is 1.91 bits per heavy atom. The summed E-state index contributed by atoms with van der Waals surface area (Å²) in [6.07, 6.45) is 0. The van der Waals surface area contributed by atoms with Gasteiger partial charge in [0.2, 0.25) is 0 Å². The van der Waals surface area contributed by atoms with E-state index in [0.29, 0.717) is 10.6 Å². The van der Waals surface area contributed by atoms with Crippen molar-refractivity contribution in [2.24, 2.45) is 0 Å². The van der Waals surface area contributed by atoms with Crippen LogP contribution in [0.2, 0.25) is 0 Å². The molecule has 0 atom stereocenters. The zero-order chi connectivity index (χ0) is 16.5. The number of aromatic hydroxyl groups is 1. The van der Waals surface area contributed by atoms with Gasteiger partial charge in [0.15, 0.2) is 0 Å². The van der Waals surface area contributed by atoms with Crippen molar-refractivity contribution in [1.82, 2.24) is 0 Å². The Kier molecular flexibility index (Phi) is 4.38. The summed E-state index contributed by atoms with van der Waals surface area (Å²) in [4.78, 5) is 10.6. The standard InChI is InChI=1S/C13H14N2O5S2/c1-3-14(10-4-6-11(16)7-5-10)22(19,20)13-8-12(15(17)18)9(2)21-13/h4-8,16H,3H2,1-2H3. The SMILES string of the molecule is CCN(c1ccc(O)cc1)S(=O)(=O)c1cc([N+](=O)[O-])c(C)s1. The van der Waals surface area contributed by atoms with Gasteiger partial charge < -0.3 is 5.11 Å². The lowest BCUT2D eigenvalue weighted by Gasteiger charge is -2.21. The molecule has 0 aliphatic heterocycles. The number of hydrogen-bond acceptors (Lipinski definition) is 6. The first-order valence-corrected chi connectivity index (χ1v) is 8.59. The third-order valence-electron chi connectivity index (χ3n) is 3.03. The number of sulfonamides is 1. The number of thiophene rings is 1. The summed E-state index contributed by atoms with van der Waals surface area (Å²) in [5.41, 5.74) is 0.180. The van der Waals surface area contributed by atoms with E-state index in [0.717, 1.165) is 21.7 Å². The minimum Gasteiger partial charge on any atom is -0.508 e. The molecule has 7 nitrogen and oxygen atoms in total. The van der Waals surface area contributed by atoms with Crippen LogP contribution >= 0.6 is 11.3 Å². The molecule has 1 aromatic heterocycles. The number of aryl methyl sites for hydroxylation is 1. The predicted octanol–water partition coefficient (Wildman–Crippen LogP) is 2.89. The molecule has 1 heterocycles. The number of anilines is 1. The maximum Gasteiger partial charge on any atom is 0.284 e. The smallest absolute Gasteiger partial charge is 0.284 e. The predicted molar refractivity (Wildman–Crippen MR) is 84.0 cm³/mol. The van der Waals surface area contributed by atoms with Gasteiger partial charge in [0.05, 0.1) is 15.5 Å². The Bertz CT molecular complexity index is 796. The number of rotatable bonds is 5. The van der Waals surface area contributed by atoms with Gasteiger partial charge >= 0.3 is 0 Å². The monoisotopic (exact) mass is 342 g/mol. The zero-order valence-electron chi connectivity index (χ0n) is 11.9. The molecule has 22 heavy (non-hydrogen) atoms. The van der Waals surface area contributed by atoms with E-state index in [-0.39, 0.29) is 22.2 Å². The normalized spacial score (nSPS) is 11.4. The van der Waals surface area contributed by atoms with Crippen molar-refractivity contribution in [2.75, 3.05) is 10.8 Å². The molecule has 0 saturated heterocycles. The topological polar surface area (TPSA) is 101 Å². The lowest BCUT2D eigenvalue weighted by atomic mass is 10.3. The van der Waals surface area contributed by atoms with Crippen molar-refractivity contribution in [3.63, 3.8) is 0 Å². The van der Waals surface area contributed by atoms with Gasteiger partial charge in [-0.15, -0.1) is 11.3 Å². The van der Waals surface area contributed by atoms with E-state index in [4.69, 9.17) is 0 Å². The van der Waals surface area contributed by atoms with Gasteiger partial charge in [0, 0.05) is 12.6 Å². The molecular formula is C13H14N2O5S2. The van der Waals surface area contributed by atoms with Crippen molar-refractivity contribution in [3.8, 4) is 5.75 Å². The van der Waals surface area contributed by atoms with Crippen LogP contribution in [0.4, 0.5) is 11.4 Å². The van der Waals surface area contributed by atoms with E-state index in [1.54, 1.807) is 6.92 Å². The van der Waals surface area contributed by atoms with Gasteiger partial charge in [0.25, 0.3) is 15.7 Å². The summed E-state index contributed by atoms with van der Waals surface area (Å²) in [5, 5.41) is 20.2. The maximum absolute atomic E-state index is 12.7. The van der Waals surface area contributed by atoms with Crippen molar-refractivity contribution in [1.29, 1.82) is 0 Å². The van der Waals surface area contributed by atoms with E-state index >= 15 is 0 Å². The van der Waals surface area contributed by atoms with Crippen molar-refractivity contribution < 1.29 is 18.4 Å². The molecule has 0 aliphatic carbocycles. The van der Waals surface area contributed by atoms with E-state index in [9.17, 15) is 23.6 Å². The molecule has 0 radical (unpaired) electrons. The molecule has 9 heteroatoms. The van der Waals surface area contributed by atoms with Crippen LogP contribution < -0.4 is 4.31 Å². The largest absolute Gasteiger partial charge is 0.508 e. The molecule has 0 spiro atoms. The molecule has 2 aromatic rings. The molecule has 0 bridgehead atoms. The van der Waals surface area contributed by atoms with Crippen molar-refractivity contribution >= 4 is 32.7 Å². The first kappa shape index (κ1) is 16.2. The van der Waals surface area contributed by atoms with Crippen LogP contribution in [0, 0.1) is 17.0 Å². The van der Waals surface area contributed by atoms with Gasteiger partial charge in [-0.25, -0.2) is 8.42 Å². The van der Waals surface area contributed by atoms with E-state index in [2.05, 4.69) is 0 Å². The van der Waals surface area contributed by atoms with Crippen LogP contribution in [-0.2, 0) is 10.0 Å². The Morgan fingerprint density at radius 1 is 1.32 bits per heavy atom. The number of phenolic OH excluding ortho intramolecular Hbond substituents is 1. The van der Waals surface area contributed by atoms with Crippen LogP contribution in [0.1, 0.15) is 11.8 Å². The minimum atomic E-state index is -3.89. The van der Waals surface area contributed by atoms with Crippen LogP contribution in [0.5, 0.6) is 5.75 Å². The van der Waals surface area contributed by atoms with Crippen LogP contribution in [-0.4, -0.2) is 25.0 Å². The zero-order valence-corrected chi connectivity index (χ0v) is 13.5. The third-order valence-corrected chi connectivity index (χ3v) is 6.43. The van der Waals surface area contributed by atoms with Crippen LogP contribution in [0.3, 0.4) is 0 Å². The molecule has 118 valence electrons. The number of benzene rings is 1. The highest BCUT2D eigenvalue weighted by Gasteiger charge is 2.29. The summed E-state index contributed by atoms with van der Waals surface area (Å²) in [7, 11) is -3.89. The summed E-state index contributed by atoms with van der Waals surface area (Å²) >= 11 is 0.870. The molecule has 0 saturated carbocycles. The Balaban J connectivity index is 2.49. The highest BCUT2D eigenvalue weighted by Crippen LogP contribution is 2.34. The summed E-state index contributed by atoms with van der Waals surface area (Å²) in [5.74, 6) is 0.0276. The maximum atomic E-state index is 12.7. The quantitative estimate of drug-likeness (QED) is 0.665. The Labute approximate surface area is 131 Å². The van der Waals surface area contributed by atoms with Crippen molar-refractivity contribution in [3.05, 3.63) is 45.3 Å². The minimum absolute atomic E-state index is 0.0276. The average molecular weight is 342 g/mol. The second-order valence-corrected chi connectivity index (χ2v) is 7.80. The summed E-state index contributed by atoms with van der Waals surface area (Å²) in [6, 6.07) is 6.81. The first-order valence-electron chi connectivity index (χ1n) is 6.34. The average Bonchev–Trinajstić information content (AvgIpc) is 2.84. The number of nitrogens with zero attached hydrogens (tertiary/aromatic N) is 2. The molecule has 0 fully saturated rings. The molecular weight excluding hydrogens is 328 g/mol. The lowest BCUT2D eigenvalue weighted by molar-refractivity contribution is -0.385. The van der Waals surface area contributed by atoms with Crippen LogP contribution in [0.25, 0.3) is 0 Å². The van der Waals surface area contributed by atoms with Gasteiger partial charge in [-0.05, 0) is 38.1 Å². The Hall–Kier alpha value is -2.13. The van der Waals surface area contributed by atoms with Gasteiger partial charge in [0.1, 0.15) is 9.96 Å². The van der Waals surface area contributed by atoms with E-state index < -0.39 is 14.9 Å². The Morgan fingerprint density at radius 3 is 2.36 bits per heavy atom. The second kappa shape index (κ2) is 5.93. The van der Waals surface area contributed by atoms with Crippen molar-refractivity contribution in [2.45, 2.75) is 18.1 Å². The molecule has 1 N–H and O–H groups in total. The number of phenols is 1. The highest BCUT2D eigenvalue weighted by atomic mass is 32.2. The summed E-state index contributed by atoms with van der Waals surface area (Å²) in [6.45, 7) is 3.34. The van der Waals surface area contributed by atoms with Gasteiger partial charge in [-0.1, -0.05) is 0 Å². The fraction of sp³-hybridized carbons (Fsp3) is 0.231. The lowest BCUT2D eigenvalue weighted by Crippen LogP contribution is -2.30. The van der Waals surface area contributed by atoms with Crippen LogP contribution in [0.15, 0.2) is 34.5 Å². The second-order valence-electron chi connectivity index (χ2n) is 4.45. The van der Waals surface area contributed by atoms with Gasteiger partial charge in [-0.3, -0.25) is 14.4 Å². The molecule has 1 aromatic carbocycles. The molecule has 0 amide bonds. The molecule has 0 unspecified atom stereocenters. The first-order chi connectivity index (χ1) is 10.3. The number of hydrogen-bond donors (Lipinski definition) is 1. The van der Waals surface area contributed by atoms with E-state index in [1.165, 1.54) is 31.2 Å². The third kappa shape index (κ3) is 2.90. The summed E-state index contributed by atoms with van der Waals surface area (Å²) < 4.78 is 26.4. The fourth-order valence-corrected chi connectivity index (χ4v) is 4.97. The number of nitro groups is 1. The fourth-order valence-electron chi connectivity index (χ4n) is 1.97. The molecule has 2 rings (SSSR count). The highest BCUT2D eigenvalue weighted by molar-refractivity contribution is 7.94. The van der Waals surface area contributed by atoms with Gasteiger partial charge in [-0.2, -0.15) is 0 Å². The molecule has 0 aliphatic rings.